The average molecular weight is 340 g/mol. The van der Waals surface area contributed by atoms with E-state index < -0.39 is 5.91 Å². The lowest BCUT2D eigenvalue weighted by Crippen LogP contribution is -2.36. The minimum Gasteiger partial charge on any atom is -0.339 e. The normalized spacial score (nSPS) is 14.2. The molecule has 1 fully saturated rings. The average Bonchev–Trinajstić information content (AvgIpc) is 2.64. The van der Waals surface area contributed by atoms with Crippen molar-refractivity contribution >= 4 is 17.5 Å². The highest BCUT2D eigenvalue weighted by molar-refractivity contribution is 6.08. The van der Waals surface area contributed by atoms with E-state index in [1.807, 2.05) is 4.90 Å². The van der Waals surface area contributed by atoms with E-state index in [1.165, 1.54) is 19.2 Å². The maximum absolute atomic E-state index is 12.8. The van der Waals surface area contributed by atoms with Crippen LogP contribution in [0.15, 0.2) is 41.2 Å². The van der Waals surface area contributed by atoms with Gasteiger partial charge in [0.2, 0.25) is 0 Å². The van der Waals surface area contributed by atoms with Crippen molar-refractivity contribution in [1.82, 2.24) is 14.7 Å². The Morgan fingerprint density at radius 1 is 1.04 bits per heavy atom. The molecule has 25 heavy (non-hydrogen) atoms. The molecule has 1 aromatic heterocycles. The Kier molecular flexibility index (Phi) is 4.92. The molecular formula is C18H20N4O3. The van der Waals surface area contributed by atoms with Crippen molar-refractivity contribution in [3.63, 3.8) is 0 Å². The van der Waals surface area contributed by atoms with Crippen molar-refractivity contribution in [2.45, 2.75) is 19.3 Å². The lowest BCUT2D eigenvalue weighted by atomic mass is 10.1. The number of nitrogens with one attached hydrogen (secondary N) is 1. The molecule has 1 aromatic carbocycles. The zero-order chi connectivity index (χ0) is 17.8. The number of hydrogen-bond donors (Lipinski definition) is 1. The summed E-state index contributed by atoms with van der Waals surface area (Å²) in [6.45, 7) is 1.48. The maximum atomic E-state index is 12.8. The molecule has 130 valence electrons. The zero-order valence-corrected chi connectivity index (χ0v) is 14.1. The fraction of sp³-hybridized carbons (Fsp3) is 0.333. The quantitative estimate of drug-likeness (QED) is 0.921. The van der Waals surface area contributed by atoms with E-state index in [0.717, 1.165) is 37.0 Å². The van der Waals surface area contributed by atoms with Gasteiger partial charge in [-0.05, 0) is 37.5 Å². The molecule has 3 rings (SSSR count). The molecule has 1 N–H and O–H groups in total. The van der Waals surface area contributed by atoms with Crippen LogP contribution in [0.4, 0.5) is 5.69 Å². The van der Waals surface area contributed by atoms with Gasteiger partial charge < -0.3 is 10.2 Å². The second-order valence-electron chi connectivity index (χ2n) is 6.03. The first kappa shape index (κ1) is 16.9. The molecule has 0 radical (unpaired) electrons. The van der Waals surface area contributed by atoms with Gasteiger partial charge in [0.05, 0.1) is 11.3 Å². The van der Waals surface area contributed by atoms with Crippen LogP contribution in [-0.2, 0) is 7.05 Å². The van der Waals surface area contributed by atoms with Gasteiger partial charge >= 0.3 is 0 Å². The van der Waals surface area contributed by atoms with Gasteiger partial charge in [-0.1, -0.05) is 12.1 Å². The molecule has 2 amide bonds. The van der Waals surface area contributed by atoms with Gasteiger partial charge in [-0.25, -0.2) is 4.68 Å². The van der Waals surface area contributed by atoms with Crippen molar-refractivity contribution in [2.75, 3.05) is 18.4 Å². The highest BCUT2D eigenvalue weighted by Gasteiger charge is 2.21. The third kappa shape index (κ3) is 3.76. The number of piperidine rings is 1. The summed E-state index contributed by atoms with van der Waals surface area (Å²) in [4.78, 5) is 38.4. The van der Waals surface area contributed by atoms with Gasteiger partial charge in [-0.2, -0.15) is 5.10 Å². The van der Waals surface area contributed by atoms with Crippen molar-refractivity contribution in [1.29, 1.82) is 0 Å². The number of aryl methyl sites for hydroxylation is 1. The summed E-state index contributed by atoms with van der Waals surface area (Å²) >= 11 is 0. The predicted octanol–water partition coefficient (Wildman–Crippen LogP) is 1.66. The first-order chi connectivity index (χ1) is 12.1. The Morgan fingerprint density at radius 3 is 2.48 bits per heavy atom. The molecule has 0 atom stereocenters. The number of carbonyl (C=O) groups excluding carboxylic acids is 2. The minimum absolute atomic E-state index is 0.0796. The fourth-order valence-corrected chi connectivity index (χ4v) is 2.86. The lowest BCUT2D eigenvalue weighted by molar-refractivity contribution is 0.0725. The predicted molar refractivity (Wildman–Crippen MR) is 93.6 cm³/mol. The van der Waals surface area contributed by atoms with Crippen LogP contribution in [-0.4, -0.2) is 39.6 Å². The number of carbonyl (C=O) groups is 2. The Morgan fingerprint density at radius 2 is 1.76 bits per heavy atom. The zero-order valence-electron chi connectivity index (χ0n) is 14.1. The van der Waals surface area contributed by atoms with E-state index in [2.05, 4.69) is 10.4 Å². The van der Waals surface area contributed by atoms with Gasteiger partial charge in [0.1, 0.15) is 5.69 Å². The van der Waals surface area contributed by atoms with E-state index in [4.69, 9.17) is 0 Å². The van der Waals surface area contributed by atoms with Gasteiger partial charge in [0.25, 0.3) is 17.4 Å². The van der Waals surface area contributed by atoms with Crippen LogP contribution in [0.25, 0.3) is 0 Å². The third-order valence-corrected chi connectivity index (χ3v) is 4.24. The van der Waals surface area contributed by atoms with Crippen LogP contribution in [0.1, 0.15) is 40.1 Å². The van der Waals surface area contributed by atoms with Gasteiger partial charge in [0, 0.05) is 26.2 Å². The molecular weight excluding hydrogens is 320 g/mol. The van der Waals surface area contributed by atoms with Crippen LogP contribution >= 0.6 is 0 Å². The molecule has 1 aliphatic rings. The topological polar surface area (TPSA) is 84.3 Å². The number of nitrogens with zero attached hydrogens (tertiary/aromatic N) is 3. The molecule has 1 aliphatic heterocycles. The fourth-order valence-electron chi connectivity index (χ4n) is 2.86. The molecule has 7 heteroatoms. The monoisotopic (exact) mass is 340 g/mol. The SMILES string of the molecule is Cn1nc(C(=O)Nc2ccccc2C(=O)N2CCCCC2)ccc1=O. The summed E-state index contributed by atoms with van der Waals surface area (Å²) in [6.07, 6.45) is 3.14. The minimum atomic E-state index is -0.463. The highest BCUT2D eigenvalue weighted by atomic mass is 16.2. The van der Waals surface area contributed by atoms with E-state index in [9.17, 15) is 14.4 Å². The molecule has 0 spiro atoms. The molecule has 0 bridgehead atoms. The number of likely N-dealkylation sites (tertiary alicyclic amines) is 1. The Labute approximate surface area is 145 Å². The standard InChI is InChI=1S/C18H20N4O3/c1-21-16(23)10-9-15(20-21)17(24)19-14-8-4-3-7-13(14)18(25)22-11-5-2-6-12-22/h3-4,7-10H,2,5-6,11-12H2,1H3,(H,19,24). The number of para-hydroxylation sites is 1. The van der Waals surface area contributed by atoms with Crippen molar-refractivity contribution in [3.8, 4) is 0 Å². The van der Waals surface area contributed by atoms with Crippen LogP contribution in [0, 0.1) is 0 Å². The van der Waals surface area contributed by atoms with Crippen LogP contribution in [0.2, 0.25) is 0 Å². The van der Waals surface area contributed by atoms with Crippen LogP contribution in [0.3, 0.4) is 0 Å². The van der Waals surface area contributed by atoms with E-state index in [0.29, 0.717) is 11.3 Å². The maximum Gasteiger partial charge on any atom is 0.276 e. The summed E-state index contributed by atoms with van der Waals surface area (Å²) in [5.74, 6) is -0.543. The number of rotatable bonds is 3. The summed E-state index contributed by atoms with van der Waals surface area (Å²) in [7, 11) is 1.48. The highest BCUT2D eigenvalue weighted by Crippen LogP contribution is 2.20. The van der Waals surface area contributed by atoms with E-state index in [1.54, 1.807) is 24.3 Å². The van der Waals surface area contributed by atoms with Crippen molar-refractivity contribution in [3.05, 3.63) is 58.0 Å². The summed E-state index contributed by atoms with van der Waals surface area (Å²) < 4.78 is 1.10. The number of hydrogen-bond acceptors (Lipinski definition) is 4. The van der Waals surface area contributed by atoms with Crippen molar-refractivity contribution in [2.24, 2.45) is 7.05 Å². The third-order valence-electron chi connectivity index (χ3n) is 4.24. The number of anilines is 1. The molecule has 0 aliphatic carbocycles. The smallest absolute Gasteiger partial charge is 0.276 e. The molecule has 0 unspecified atom stereocenters. The van der Waals surface area contributed by atoms with E-state index in [-0.39, 0.29) is 17.2 Å². The second kappa shape index (κ2) is 7.29. The van der Waals surface area contributed by atoms with Gasteiger partial charge in [0.15, 0.2) is 0 Å². The van der Waals surface area contributed by atoms with Crippen LogP contribution < -0.4 is 10.9 Å². The van der Waals surface area contributed by atoms with Crippen molar-refractivity contribution < 1.29 is 9.59 Å². The van der Waals surface area contributed by atoms with E-state index >= 15 is 0 Å². The first-order valence-corrected chi connectivity index (χ1v) is 8.30. The summed E-state index contributed by atoms with van der Waals surface area (Å²) in [5, 5.41) is 6.66. The first-order valence-electron chi connectivity index (χ1n) is 8.30. The Balaban J connectivity index is 1.82. The summed E-state index contributed by atoms with van der Waals surface area (Å²) in [6, 6.07) is 9.59. The molecule has 2 aromatic rings. The largest absolute Gasteiger partial charge is 0.339 e. The number of benzene rings is 1. The second-order valence-corrected chi connectivity index (χ2v) is 6.03. The molecule has 0 saturated carbocycles. The lowest BCUT2D eigenvalue weighted by Gasteiger charge is -2.27. The summed E-state index contributed by atoms with van der Waals surface area (Å²) in [5.41, 5.74) is 0.723. The molecule has 1 saturated heterocycles. The number of aromatic nitrogens is 2. The molecule has 7 nitrogen and oxygen atoms in total. The Bertz CT molecular complexity index is 853. The van der Waals surface area contributed by atoms with Crippen LogP contribution in [0.5, 0.6) is 0 Å². The number of amides is 2. The Hall–Kier alpha value is -2.96. The van der Waals surface area contributed by atoms with Gasteiger partial charge in [-0.3, -0.25) is 14.4 Å². The molecule has 2 heterocycles. The van der Waals surface area contributed by atoms with Gasteiger partial charge in [-0.15, -0.1) is 0 Å².